The van der Waals surface area contributed by atoms with Crippen LogP contribution in [0.2, 0.25) is 5.02 Å². The van der Waals surface area contributed by atoms with Crippen LogP contribution in [0, 0.1) is 11.3 Å². The van der Waals surface area contributed by atoms with Gasteiger partial charge in [-0.25, -0.2) is 0 Å². The summed E-state index contributed by atoms with van der Waals surface area (Å²) < 4.78 is 1.72. The van der Waals surface area contributed by atoms with Gasteiger partial charge in [0.2, 0.25) is 0 Å². The Morgan fingerprint density at radius 1 is 1.11 bits per heavy atom. The molecule has 0 heterocycles. The zero-order valence-corrected chi connectivity index (χ0v) is 13.0. The van der Waals surface area contributed by atoms with Gasteiger partial charge in [-0.2, -0.15) is 5.26 Å². The van der Waals surface area contributed by atoms with Crippen LogP contribution in [0.15, 0.2) is 45.3 Å². The largest absolute Gasteiger partial charge is 0.355 e. The molecular formula is C13H7Br2ClN2. The molecule has 1 N–H and O–H groups in total. The van der Waals surface area contributed by atoms with Crippen LogP contribution in [0.1, 0.15) is 5.56 Å². The van der Waals surface area contributed by atoms with Crippen LogP contribution in [0.25, 0.3) is 0 Å². The first kappa shape index (κ1) is 13.4. The molecule has 0 saturated carbocycles. The molecule has 90 valence electrons. The number of halogens is 3. The number of nitriles is 1. The van der Waals surface area contributed by atoms with E-state index in [2.05, 4.69) is 43.2 Å². The number of rotatable bonds is 2. The molecule has 2 aromatic carbocycles. The van der Waals surface area contributed by atoms with E-state index >= 15 is 0 Å². The van der Waals surface area contributed by atoms with Gasteiger partial charge in [0.15, 0.2) is 0 Å². The number of hydrogen-bond donors (Lipinski definition) is 1. The van der Waals surface area contributed by atoms with Gasteiger partial charge in [0.1, 0.15) is 0 Å². The van der Waals surface area contributed by atoms with Crippen LogP contribution in [-0.2, 0) is 0 Å². The summed E-state index contributed by atoms with van der Waals surface area (Å²) in [5.41, 5.74) is 2.32. The summed E-state index contributed by atoms with van der Waals surface area (Å²) in [4.78, 5) is 0. The van der Waals surface area contributed by atoms with Crippen molar-refractivity contribution in [2.45, 2.75) is 0 Å². The Morgan fingerprint density at radius 3 is 2.56 bits per heavy atom. The second kappa shape index (κ2) is 5.75. The molecule has 0 amide bonds. The smallest absolute Gasteiger partial charge is 0.0992 e. The zero-order chi connectivity index (χ0) is 13.1. The third-order valence-corrected chi connectivity index (χ3v) is 3.59. The molecule has 2 nitrogen and oxygen atoms in total. The third kappa shape index (κ3) is 3.26. The maximum atomic E-state index is 8.92. The van der Waals surface area contributed by atoms with Crippen molar-refractivity contribution >= 4 is 54.8 Å². The summed E-state index contributed by atoms with van der Waals surface area (Å²) in [5.74, 6) is 0. The van der Waals surface area contributed by atoms with E-state index in [4.69, 9.17) is 16.9 Å². The molecule has 0 saturated heterocycles. The normalized spacial score (nSPS) is 9.89. The van der Waals surface area contributed by atoms with Crippen LogP contribution >= 0.6 is 43.5 Å². The molecule has 2 aromatic rings. The molecule has 0 radical (unpaired) electrons. The van der Waals surface area contributed by atoms with Crippen molar-refractivity contribution in [3.63, 3.8) is 0 Å². The fraction of sp³-hybridized carbons (Fsp3) is 0. The highest BCUT2D eigenvalue weighted by Gasteiger charge is 2.03. The van der Waals surface area contributed by atoms with Gasteiger partial charge in [0.25, 0.3) is 0 Å². The molecule has 5 heteroatoms. The van der Waals surface area contributed by atoms with Gasteiger partial charge < -0.3 is 5.32 Å². The molecule has 0 fully saturated rings. The lowest BCUT2D eigenvalue weighted by Crippen LogP contribution is -1.92. The van der Waals surface area contributed by atoms with E-state index in [1.54, 1.807) is 18.2 Å². The van der Waals surface area contributed by atoms with Gasteiger partial charge in [-0.1, -0.05) is 27.5 Å². The summed E-state index contributed by atoms with van der Waals surface area (Å²) in [6.45, 7) is 0. The van der Waals surface area contributed by atoms with Gasteiger partial charge in [-0.15, -0.1) is 0 Å². The molecular weight excluding hydrogens is 379 g/mol. The molecule has 0 bridgehead atoms. The Kier molecular flexibility index (Phi) is 4.28. The molecule has 0 unspecified atom stereocenters. The Morgan fingerprint density at radius 2 is 1.89 bits per heavy atom. The van der Waals surface area contributed by atoms with Gasteiger partial charge in [-0.3, -0.25) is 0 Å². The maximum Gasteiger partial charge on any atom is 0.0992 e. The summed E-state index contributed by atoms with van der Waals surface area (Å²) in [6, 6.07) is 13.1. The van der Waals surface area contributed by atoms with Crippen molar-refractivity contribution < 1.29 is 0 Å². The first-order valence-electron chi connectivity index (χ1n) is 5.01. The lowest BCUT2D eigenvalue weighted by molar-refractivity contribution is 1.45. The monoisotopic (exact) mass is 384 g/mol. The van der Waals surface area contributed by atoms with Crippen molar-refractivity contribution in [3.05, 3.63) is 55.9 Å². The van der Waals surface area contributed by atoms with Crippen LogP contribution in [0.3, 0.4) is 0 Å². The quantitative estimate of drug-likeness (QED) is 0.742. The number of anilines is 2. The van der Waals surface area contributed by atoms with Crippen molar-refractivity contribution in [1.29, 1.82) is 5.26 Å². The van der Waals surface area contributed by atoms with Crippen molar-refractivity contribution in [2.75, 3.05) is 5.32 Å². The zero-order valence-electron chi connectivity index (χ0n) is 9.05. The molecule has 2 rings (SSSR count). The first-order chi connectivity index (χ1) is 8.58. The molecule has 0 aliphatic carbocycles. The summed E-state index contributed by atoms with van der Waals surface area (Å²) in [6.07, 6.45) is 0. The predicted octanol–water partition coefficient (Wildman–Crippen LogP) is 5.48. The van der Waals surface area contributed by atoms with Crippen molar-refractivity contribution in [1.82, 2.24) is 0 Å². The van der Waals surface area contributed by atoms with E-state index < -0.39 is 0 Å². The highest BCUT2D eigenvalue weighted by Crippen LogP contribution is 2.30. The SMILES string of the molecule is N#Cc1cc(Br)cc(Nc2ccc(Cl)cc2Br)c1. The van der Waals surface area contributed by atoms with Gasteiger partial charge in [0.05, 0.1) is 17.3 Å². The Bertz CT molecular complexity index is 635. The number of benzene rings is 2. The summed E-state index contributed by atoms with van der Waals surface area (Å²) in [7, 11) is 0. The Hall–Kier alpha value is -1.02. The van der Waals surface area contributed by atoms with Crippen molar-refractivity contribution in [3.8, 4) is 6.07 Å². The third-order valence-electron chi connectivity index (χ3n) is 2.24. The van der Waals surface area contributed by atoms with Crippen LogP contribution < -0.4 is 5.32 Å². The lowest BCUT2D eigenvalue weighted by Gasteiger charge is -2.09. The molecule has 0 aliphatic rings. The Labute approximate surface area is 127 Å². The lowest BCUT2D eigenvalue weighted by atomic mass is 10.2. The second-order valence-corrected chi connectivity index (χ2v) is 5.80. The van der Waals surface area contributed by atoms with Crippen LogP contribution in [0.5, 0.6) is 0 Å². The minimum atomic E-state index is 0.594. The number of hydrogen-bond acceptors (Lipinski definition) is 2. The van der Waals surface area contributed by atoms with Gasteiger partial charge >= 0.3 is 0 Å². The van der Waals surface area contributed by atoms with Gasteiger partial charge in [-0.05, 0) is 52.3 Å². The first-order valence-corrected chi connectivity index (χ1v) is 6.97. The van der Waals surface area contributed by atoms with E-state index in [0.717, 1.165) is 20.3 Å². The molecule has 0 atom stereocenters. The molecule has 0 aromatic heterocycles. The highest BCUT2D eigenvalue weighted by atomic mass is 79.9. The minimum absolute atomic E-state index is 0.594. The van der Waals surface area contributed by atoms with E-state index in [9.17, 15) is 0 Å². The summed E-state index contributed by atoms with van der Waals surface area (Å²) in [5, 5.41) is 12.8. The topological polar surface area (TPSA) is 35.8 Å². The Balaban J connectivity index is 2.34. The molecule has 0 spiro atoms. The molecule has 0 aliphatic heterocycles. The predicted molar refractivity (Wildman–Crippen MR) is 81.3 cm³/mol. The average molecular weight is 386 g/mol. The van der Waals surface area contributed by atoms with E-state index in [1.165, 1.54) is 0 Å². The van der Waals surface area contributed by atoms with Crippen LogP contribution in [-0.4, -0.2) is 0 Å². The molecule has 18 heavy (non-hydrogen) atoms. The standard InChI is InChI=1S/C13H7Br2ClN2/c14-9-3-8(7-17)4-11(5-9)18-13-2-1-10(16)6-12(13)15/h1-6,18H. The van der Waals surface area contributed by atoms with Crippen LogP contribution in [0.4, 0.5) is 11.4 Å². The van der Waals surface area contributed by atoms with Gasteiger partial charge in [0, 0.05) is 19.7 Å². The highest BCUT2D eigenvalue weighted by molar-refractivity contribution is 9.10. The fourth-order valence-corrected chi connectivity index (χ4v) is 2.75. The fourth-order valence-electron chi connectivity index (χ4n) is 1.47. The van der Waals surface area contributed by atoms with E-state index in [1.807, 2.05) is 18.2 Å². The van der Waals surface area contributed by atoms with E-state index in [-0.39, 0.29) is 0 Å². The van der Waals surface area contributed by atoms with E-state index in [0.29, 0.717) is 10.6 Å². The maximum absolute atomic E-state index is 8.92. The van der Waals surface area contributed by atoms with Crippen molar-refractivity contribution in [2.24, 2.45) is 0 Å². The number of nitrogens with zero attached hydrogens (tertiary/aromatic N) is 1. The average Bonchev–Trinajstić information content (AvgIpc) is 2.32. The minimum Gasteiger partial charge on any atom is -0.355 e. The second-order valence-electron chi connectivity index (χ2n) is 3.59. The summed E-state index contributed by atoms with van der Waals surface area (Å²) >= 11 is 12.7. The number of nitrogens with one attached hydrogen (secondary N) is 1.